The summed E-state index contributed by atoms with van der Waals surface area (Å²) in [5, 5.41) is 3.01. The lowest BCUT2D eigenvalue weighted by Crippen LogP contribution is -2.37. The predicted octanol–water partition coefficient (Wildman–Crippen LogP) is 2.45. The van der Waals surface area contributed by atoms with E-state index in [2.05, 4.69) is 31.3 Å². The van der Waals surface area contributed by atoms with E-state index in [0.29, 0.717) is 13.0 Å². The van der Waals surface area contributed by atoms with Gasteiger partial charge in [-0.2, -0.15) is 0 Å². The van der Waals surface area contributed by atoms with E-state index in [1.165, 1.54) is 5.56 Å². The van der Waals surface area contributed by atoms with Crippen molar-refractivity contribution in [2.75, 3.05) is 13.6 Å². The van der Waals surface area contributed by atoms with Gasteiger partial charge in [-0.05, 0) is 26.5 Å². The summed E-state index contributed by atoms with van der Waals surface area (Å²) < 4.78 is 0. The zero-order chi connectivity index (χ0) is 12.7. The number of benzene rings is 1. The minimum absolute atomic E-state index is 0. The smallest absolute Gasteiger partial charge is 0.224 e. The van der Waals surface area contributed by atoms with Crippen LogP contribution in [0.25, 0.3) is 0 Å². The van der Waals surface area contributed by atoms with E-state index in [9.17, 15) is 4.79 Å². The first-order valence-corrected chi connectivity index (χ1v) is 6.13. The first kappa shape index (κ1) is 16.9. The summed E-state index contributed by atoms with van der Waals surface area (Å²) in [6.07, 6.45) is 0.557. The molecule has 0 unspecified atom stereocenters. The fraction of sp³-hybridized carbons (Fsp3) is 0.500. The second kappa shape index (κ2) is 8.95. The number of nitrogens with zero attached hydrogens (tertiary/aromatic N) is 1. The molecule has 0 spiro atoms. The van der Waals surface area contributed by atoms with Gasteiger partial charge in [0.25, 0.3) is 0 Å². The molecule has 1 aromatic rings. The largest absolute Gasteiger partial charge is 0.336 e. The highest BCUT2D eigenvalue weighted by molar-refractivity contribution is 5.85. The molecule has 1 rings (SSSR count). The lowest BCUT2D eigenvalue weighted by Gasteiger charge is -2.27. The summed E-state index contributed by atoms with van der Waals surface area (Å²) in [6, 6.07) is 10.4. The van der Waals surface area contributed by atoms with Gasteiger partial charge in [0.15, 0.2) is 0 Å². The molecule has 4 heteroatoms. The van der Waals surface area contributed by atoms with Gasteiger partial charge in [0.2, 0.25) is 5.91 Å². The van der Waals surface area contributed by atoms with Gasteiger partial charge in [-0.3, -0.25) is 4.79 Å². The molecule has 3 nitrogen and oxygen atoms in total. The Bertz CT molecular complexity index is 341. The molecule has 0 bridgehead atoms. The normalized spacial score (nSPS) is 10.0. The Morgan fingerprint density at radius 3 is 2.39 bits per heavy atom. The van der Waals surface area contributed by atoms with Crippen LogP contribution in [0, 0.1) is 0 Å². The SMILES string of the molecule is CNCCC(=O)N(Cc1ccccc1)C(C)C.Cl. The number of nitrogens with one attached hydrogen (secondary N) is 1. The van der Waals surface area contributed by atoms with Gasteiger partial charge in [0.05, 0.1) is 0 Å². The maximum Gasteiger partial charge on any atom is 0.224 e. The van der Waals surface area contributed by atoms with E-state index >= 15 is 0 Å². The van der Waals surface area contributed by atoms with Gasteiger partial charge in [0, 0.05) is 25.6 Å². The van der Waals surface area contributed by atoms with Crippen LogP contribution in [0.3, 0.4) is 0 Å². The van der Waals surface area contributed by atoms with Crippen molar-refractivity contribution in [3.8, 4) is 0 Å². The molecular formula is C14H23ClN2O. The van der Waals surface area contributed by atoms with E-state index < -0.39 is 0 Å². The molecule has 0 fully saturated rings. The Morgan fingerprint density at radius 1 is 1.28 bits per heavy atom. The van der Waals surface area contributed by atoms with Crippen LogP contribution in [0.1, 0.15) is 25.8 Å². The number of carbonyl (C=O) groups is 1. The van der Waals surface area contributed by atoms with Crippen LogP contribution < -0.4 is 5.32 Å². The molecular weight excluding hydrogens is 248 g/mol. The molecule has 102 valence electrons. The molecule has 0 aromatic heterocycles. The molecule has 0 aliphatic rings. The Kier molecular flexibility index (Phi) is 8.42. The summed E-state index contributed by atoms with van der Waals surface area (Å²) >= 11 is 0. The highest BCUT2D eigenvalue weighted by Crippen LogP contribution is 2.09. The molecule has 1 N–H and O–H groups in total. The molecule has 0 aliphatic carbocycles. The maximum absolute atomic E-state index is 12.0. The van der Waals surface area contributed by atoms with Gasteiger partial charge >= 0.3 is 0 Å². The standard InChI is InChI=1S/C14H22N2O.ClH/c1-12(2)16(14(17)9-10-15-3)11-13-7-5-4-6-8-13;/h4-8,12,15H,9-11H2,1-3H3;1H. The molecule has 0 saturated carbocycles. The highest BCUT2D eigenvalue weighted by Gasteiger charge is 2.16. The van der Waals surface area contributed by atoms with E-state index in [1.54, 1.807) is 0 Å². The van der Waals surface area contributed by atoms with Crippen molar-refractivity contribution in [1.82, 2.24) is 10.2 Å². The average molecular weight is 271 g/mol. The van der Waals surface area contributed by atoms with Crippen molar-refractivity contribution >= 4 is 18.3 Å². The first-order chi connectivity index (χ1) is 8.15. The van der Waals surface area contributed by atoms with E-state index in [1.807, 2.05) is 30.1 Å². The molecule has 1 aromatic carbocycles. The number of hydrogen-bond acceptors (Lipinski definition) is 2. The fourth-order valence-corrected chi connectivity index (χ4v) is 1.71. The molecule has 1 amide bonds. The van der Waals surface area contributed by atoms with E-state index in [-0.39, 0.29) is 24.4 Å². The van der Waals surface area contributed by atoms with Crippen LogP contribution >= 0.6 is 12.4 Å². The van der Waals surface area contributed by atoms with E-state index in [4.69, 9.17) is 0 Å². The number of amides is 1. The maximum atomic E-state index is 12.0. The predicted molar refractivity (Wildman–Crippen MR) is 77.9 cm³/mol. The van der Waals surface area contributed by atoms with Crippen molar-refractivity contribution in [2.45, 2.75) is 32.9 Å². The van der Waals surface area contributed by atoms with Crippen LogP contribution in [-0.2, 0) is 11.3 Å². The number of carbonyl (C=O) groups excluding carboxylic acids is 1. The zero-order valence-electron chi connectivity index (χ0n) is 11.3. The highest BCUT2D eigenvalue weighted by atomic mass is 35.5. The van der Waals surface area contributed by atoms with Crippen molar-refractivity contribution in [1.29, 1.82) is 0 Å². The number of rotatable bonds is 6. The van der Waals surface area contributed by atoms with Crippen molar-refractivity contribution in [2.24, 2.45) is 0 Å². The molecule has 0 radical (unpaired) electrons. The molecule has 0 aliphatic heterocycles. The number of halogens is 1. The lowest BCUT2D eigenvalue weighted by atomic mass is 10.1. The lowest BCUT2D eigenvalue weighted by molar-refractivity contribution is -0.133. The van der Waals surface area contributed by atoms with Crippen molar-refractivity contribution < 1.29 is 4.79 Å². The monoisotopic (exact) mass is 270 g/mol. The van der Waals surface area contributed by atoms with E-state index in [0.717, 1.165) is 6.54 Å². The second-order valence-electron chi connectivity index (χ2n) is 4.45. The molecule has 0 heterocycles. The van der Waals surface area contributed by atoms with Gasteiger partial charge < -0.3 is 10.2 Å². The Labute approximate surface area is 116 Å². The quantitative estimate of drug-likeness (QED) is 0.861. The third-order valence-corrected chi connectivity index (χ3v) is 2.73. The van der Waals surface area contributed by atoms with Crippen LogP contribution in [0.5, 0.6) is 0 Å². The van der Waals surface area contributed by atoms with Gasteiger partial charge in [-0.1, -0.05) is 30.3 Å². The average Bonchev–Trinajstić information content (AvgIpc) is 2.34. The Hall–Kier alpha value is -1.06. The summed E-state index contributed by atoms with van der Waals surface area (Å²) in [5.74, 6) is 0.207. The zero-order valence-corrected chi connectivity index (χ0v) is 12.2. The molecule has 0 saturated heterocycles. The topological polar surface area (TPSA) is 32.3 Å². The van der Waals surface area contributed by atoms with Gasteiger partial charge in [0.1, 0.15) is 0 Å². The summed E-state index contributed by atoms with van der Waals surface area (Å²) in [6.45, 7) is 5.54. The van der Waals surface area contributed by atoms with Crippen LogP contribution in [-0.4, -0.2) is 30.4 Å². The van der Waals surface area contributed by atoms with Crippen LogP contribution in [0.15, 0.2) is 30.3 Å². The van der Waals surface area contributed by atoms with Crippen LogP contribution in [0.2, 0.25) is 0 Å². The minimum atomic E-state index is 0. The Balaban J connectivity index is 0.00000289. The Morgan fingerprint density at radius 2 is 1.89 bits per heavy atom. The van der Waals surface area contributed by atoms with Crippen molar-refractivity contribution in [3.63, 3.8) is 0 Å². The van der Waals surface area contributed by atoms with Crippen LogP contribution in [0.4, 0.5) is 0 Å². The van der Waals surface area contributed by atoms with Gasteiger partial charge in [-0.15, -0.1) is 12.4 Å². The molecule has 0 atom stereocenters. The first-order valence-electron chi connectivity index (χ1n) is 6.13. The third-order valence-electron chi connectivity index (χ3n) is 2.73. The summed E-state index contributed by atoms with van der Waals surface area (Å²) in [4.78, 5) is 14.0. The van der Waals surface area contributed by atoms with Gasteiger partial charge in [-0.25, -0.2) is 0 Å². The second-order valence-corrected chi connectivity index (χ2v) is 4.45. The molecule has 18 heavy (non-hydrogen) atoms. The third kappa shape index (κ3) is 5.52. The number of hydrogen-bond donors (Lipinski definition) is 1. The fourth-order valence-electron chi connectivity index (χ4n) is 1.71. The van der Waals surface area contributed by atoms with Crippen molar-refractivity contribution in [3.05, 3.63) is 35.9 Å². The summed E-state index contributed by atoms with van der Waals surface area (Å²) in [7, 11) is 1.87. The summed E-state index contributed by atoms with van der Waals surface area (Å²) in [5.41, 5.74) is 1.18. The minimum Gasteiger partial charge on any atom is -0.336 e.